The SMILES string of the molecule is CN1CCN(C(=O)[C@@H](CNCc2ccccc2)NC(=O)c2cccnc2Oc2ccc(Cl)cc2)CC1. The molecule has 4 rings (SSSR count). The Hall–Kier alpha value is -3.46. The summed E-state index contributed by atoms with van der Waals surface area (Å²) in [7, 11) is 2.03. The third-order valence-corrected chi connectivity index (χ3v) is 6.23. The van der Waals surface area contributed by atoms with Crippen molar-refractivity contribution in [1.82, 2.24) is 25.4 Å². The topological polar surface area (TPSA) is 86.8 Å². The molecule has 2 aromatic carbocycles. The number of ether oxygens (including phenoxy) is 1. The van der Waals surface area contributed by atoms with Gasteiger partial charge in [-0.05, 0) is 49.0 Å². The van der Waals surface area contributed by atoms with Gasteiger partial charge >= 0.3 is 0 Å². The summed E-state index contributed by atoms with van der Waals surface area (Å²) in [5, 5.41) is 6.81. The molecule has 0 saturated carbocycles. The number of hydrogen-bond donors (Lipinski definition) is 2. The molecule has 0 bridgehead atoms. The molecule has 1 saturated heterocycles. The first-order valence-electron chi connectivity index (χ1n) is 11.9. The molecule has 9 heteroatoms. The highest BCUT2D eigenvalue weighted by Gasteiger charge is 2.29. The lowest BCUT2D eigenvalue weighted by atomic mass is 10.1. The van der Waals surface area contributed by atoms with E-state index < -0.39 is 11.9 Å². The van der Waals surface area contributed by atoms with E-state index in [1.165, 1.54) is 0 Å². The first kappa shape index (κ1) is 25.6. The fourth-order valence-electron chi connectivity index (χ4n) is 3.90. The van der Waals surface area contributed by atoms with Crippen LogP contribution >= 0.6 is 11.6 Å². The summed E-state index contributed by atoms with van der Waals surface area (Å²) in [5.41, 5.74) is 1.34. The average molecular weight is 508 g/mol. The molecular formula is C27H30ClN5O3. The summed E-state index contributed by atoms with van der Waals surface area (Å²) in [5.74, 6) is 0.115. The number of nitrogens with one attached hydrogen (secondary N) is 2. The van der Waals surface area contributed by atoms with Crippen LogP contribution in [0.15, 0.2) is 72.9 Å². The van der Waals surface area contributed by atoms with Crippen molar-refractivity contribution in [3.05, 3.63) is 89.1 Å². The number of likely N-dealkylation sites (N-methyl/N-ethyl adjacent to an activating group) is 1. The number of hydrogen-bond acceptors (Lipinski definition) is 6. The zero-order chi connectivity index (χ0) is 25.3. The number of carbonyl (C=O) groups excluding carboxylic acids is 2. The number of aromatic nitrogens is 1. The van der Waals surface area contributed by atoms with Crippen molar-refractivity contribution in [3.63, 3.8) is 0 Å². The number of benzene rings is 2. The lowest BCUT2D eigenvalue weighted by Crippen LogP contribution is -2.57. The standard InChI is InChI=1S/C27H30ClN5O3/c1-32-14-16-33(17-15-32)27(35)24(19-29-18-20-6-3-2-4-7-20)31-25(34)23-8-5-13-30-26(23)36-22-11-9-21(28)10-12-22/h2-13,24,29H,14-19H2,1H3,(H,31,34)/t24-/m1/s1. The first-order chi connectivity index (χ1) is 17.5. The van der Waals surface area contributed by atoms with Crippen LogP contribution in [0.5, 0.6) is 11.6 Å². The van der Waals surface area contributed by atoms with Crippen LogP contribution in [0.2, 0.25) is 5.02 Å². The van der Waals surface area contributed by atoms with Gasteiger partial charge in [0.2, 0.25) is 11.8 Å². The van der Waals surface area contributed by atoms with Gasteiger partial charge < -0.3 is 25.2 Å². The highest BCUT2D eigenvalue weighted by atomic mass is 35.5. The predicted octanol–water partition coefficient (Wildman–Crippen LogP) is 3.19. The fraction of sp³-hybridized carbons (Fsp3) is 0.296. The van der Waals surface area contributed by atoms with Crippen molar-refractivity contribution < 1.29 is 14.3 Å². The maximum atomic E-state index is 13.4. The van der Waals surface area contributed by atoms with E-state index in [2.05, 4.69) is 20.5 Å². The molecule has 0 aliphatic carbocycles. The molecule has 1 aliphatic heterocycles. The maximum Gasteiger partial charge on any atom is 0.257 e. The number of halogens is 1. The molecule has 3 aromatic rings. The third-order valence-electron chi connectivity index (χ3n) is 5.98. The lowest BCUT2D eigenvalue weighted by molar-refractivity contribution is -0.134. The lowest BCUT2D eigenvalue weighted by Gasteiger charge is -2.35. The van der Waals surface area contributed by atoms with Crippen molar-refractivity contribution in [1.29, 1.82) is 0 Å². The van der Waals surface area contributed by atoms with Crippen LogP contribution in [0.1, 0.15) is 15.9 Å². The number of amides is 2. The van der Waals surface area contributed by atoms with Crippen molar-refractivity contribution in [2.45, 2.75) is 12.6 Å². The Labute approximate surface area is 216 Å². The number of carbonyl (C=O) groups is 2. The van der Waals surface area contributed by atoms with Gasteiger partial charge in [-0.3, -0.25) is 9.59 Å². The molecular weight excluding hydrogens is 478 g/mol. The minimum Gasteiger partial charge on any atom is -0.438 e. The predicted molar refractivity (Wildman–Crippen MR) is 139 cm³/mol. The maximum absolute atomic E-state index is 13.4. The molecule has 1 aromatic heterocycles. The van der Waals surface area contributed by atoms with Crippen LogP contribution in [0.4, 0.5) is 0 Å². The molecule has 1 atom stereocenters. The second-order valence-corrected chi connectivity index (χ2v) is 9.12. The fourth-order valence-corrected chi connectivity index (χ4v) is 4.03. The molecule has 0 radical (unpaired) electrons. The van der Waals surface area contributed by atoms with Crippen molar-refractivity contribution >= 4 is 23.4 Å². The largest absolute Gasteiger partial charge is 0.438 e. The first-order valence-corrected chi connectivity index (χ1v) is 12.3. The Kier molecular flexibility index (Phi) is 8.89. The van der Waals surface area contributed by atoms with E-state index >= 15 is 0 Å². The van der Waals surface area contributed by atoms with Crippen molar-refractivity contribution in [2.75, 3.05) is 39.8 Å². The zero-order valence-electron chi connectivity index (χ0n) is 20.2. The monoisotopic (exact) mass is 507 g/mol. The Morgan fingerprint density at radius 1 is 1.00 bits per heavy atom. The van der Waals surface area contributed by atoms with E-state index in [-0.39, 0.29) is 17.4 Å². The van der Waals surface area contributed by atoms with Gasteiger partial charge in [-0.15, -0.1) is 0 Å². The molecule has 0 unspecified atom stereocenters. The molecule has 1 fully saturated rings. The van der Waals surface area contributed by atoms with Gasteiger partial charge in [0, 0.05) is 50.5 Å². The average Bonchev–Trinajstić information content (AvgIpc) is 2.90. The molecule has 8 nitrogen and oxygen atoms in total. The van der Waals surface area contributed by atoms with Gasteiger partial charge in [0.15, 0.2) is 0 Å². The van der Waals surface area contributed by atoms with Crippen LogP contribution in [-0.4, -0.2) is 72.4 Å². The summed E-state index contributed by atoms with van der Waals surface area (Å²) >= 11 is 5.96. The Morgan fingerprint density at radius 2 is 1.72 bits per heavy atom. The molecule has 2 N–H and O–H groups in total. The van der Waals surface area contributed by atoms with E-state index in [0.29, 0.717) is 37.0 Å². The number of piperazine rings is 1. The van der Waals surface area contributed by atoms with E-state index in [9.17, 15) is 9.59 Å². The molecule has 2 amide bonds. The molecule has 0 spiro atoms. The number of pyridine rings is 1. The minimum absolute atomic E-state index is 0.110. The quantitative estimate of drug-likeness (QED) is 0.462. The normalized spacial score (nSPS) is 14.8. The minimum atomic E-state index is -0.742. The highest BCUT2D eigenvalue weighted by molar-refractivity contribution is 6.30. The molecule has 2 heterocycles. The molecule has 1 aliphatic rings. The van der Waals surface area contributed by atoms with Crippen LogP contribution in [0, 0.1) is 0 Å². The van der Waals surface area contributed by atoms with Crippen LogP contribution in [0.25, 0.3) is 0 Å². The van der Waals surface area contributed by atoms with Gasteiger partial charge in [0.1, 0.15) is 17.4 Å². The summed E-state index contributed by atoms with van der Waals surface area (Å²) in [6.07, 6.45) is 1.55. The zero-order valence-corrected chi connectivity index (χ0v) is 20.9. The van der Waals surface area contributed by atoms with Crippen molar-refractivity contribution in [3.8, 4) is 11.6 Å². The van der Waals surface area contributed by atoms with Gasteiger partial charge in [0.05, 0.1) is 0 Å². The third kappa shape index (κ3) is 7.04. The van der Waals surface area contributed by atoms with E-state index in [1.54, 1.807) is 42.6 Å². The highest BCUT2D eigenvalue weighted by Crippen LogP contribution is 2.24. The Balaban J connectivity index is 1.48. The van der Waals surface area contributed by atoms with Crippen molar-refractivity contribution in [2.24, 2.45) is 0 Å². The second kappa shape index (κ2) is 12.5. The van der Waals surface area contributed by atoms with Crippen LogP contribution in [0.3, 0.4) is 0 Å². The Bertz CT molecular complexity index is 1150. The van der Waals surface area contributed by atoms with Gasteiger partial charge in [0.25, 0.3) is 5.91 Å². The summed E-state index contributed by atoms with van der Waals surface area (Å²) in [6.45, 7) is 3.72. The molecule has 188 valence electrons. The second-order valence-electron chi connectivity index (χ2n) is 8.68. The Morgan fingerprint density at radius 3 is 2.44 bits per heavy atom. The molecule has 36 heavy (non-hydrogen) atoms. The van der Waals surface area contributed by atoms with Crippen LogP contribution < -0.4 is 15.4 Å². The smallest absolute Gasteiger partial charge is 0.257 e. The van der Waals surface area contributed by atoms with Gasteiger partial charge in [-0.2, -0.15) is 0 Å². The summed E-state index contributed by atoms with van der Waals surface area (Å²) in [4.78, 5) is 35.0. The van der Waals surface area contributed by atoms with E-state index in [1.807, 2.05) is 42.3 Å². The van der Waals surface area contributed by atoms with E-state index in [0.717, 1.165) is 18.7 Å². The summed E-state index contributed by atoms with van der Waals surface area (Å²) < 4.78 is 5.85. The van der Waals surface area contributed by atoms with Crippen LogP contribution in [-0.2, 0) is 11.3 Å². The number of nitrogens with zero attached hydrogens (tertiary/aromatic N) is 3. The van der Waals surface area contributed by atoms with Gasteiger partial charge in [-0.25, -0.2) is 4.98 Å². The summed E-state index contributed by atoms with van der Waals surface area (Å²) in [6, 6.07) is 19.3. The van der Waals surface area contributed by atoms with E-state index in [4.69, 9.17) is 16.3 Å². The van der Waals surface area contributed by atoms with Gasteiger partial charge in [-0.1, -0.05) is 41.9 Å². The number of rotatable bonds is 9.